The zero-order chi connectivity index (χ0) is 15.2. The summed E-state index contributed by atoms with van der Waals surface area (Å²) in [5.41, 5.74) is 7.40. The molecule has 1 aliphatic heterocycles. The predicted octanol–water partition coefficient (Wildman–Crippen LogP) is 1.50. The number of hydrogen-bond donors (Lipinski definition) is 1. The molecule has 0 spiro atoms. The lowest BCUT2D eigenvalue weighted by Gasteiger charge is -2.28. The van der Waals surface area contributed by atoms with Crippen molar-refractivity contribution in [1.29, 1.82) is 0 Å². The van der Waals surface area contributed by atoms with Crippen LogP contribution in [0.3, 0.4) is 0 Å². The van der Waals surface area contributed by atoms with Crippen molar-refractivity contribution in [3.8, 4) is 0 Å². The molecule has 4 heteroatoms. The van der Waals surface area contributed by atoms with Crippen LogP contribution >= 0.6 is 0 Å². The van der Waals surface area contributed by atoms with E-state index in [-0.39, 0.29) is 18.0 Å². The van der Waals surface area contributed by atoms with Crippen molar-refractivity contribution < 1.29 is 4.79 Å². The van der Waals surface area contributed by atoms with Crippen LogP contribution in [-0.4, -0.2) is 54.0 Å². The highest BCUT2D eigenvalue weighted by atomic mass is 16.2. The van der Waals surface area contributed by atoms with Crippen LogP contribution < -0.4 is 5.73 Å². The third kappa shape index (κ3) is 4.05. The van der Waals surface area contributed by atoms with Gasteiger partial charge in [0.15, 0.2) is 0 Å². The van der Waals surface area contributed by atoms with E-state index in [0.717, 1.165) is 39.0 Å². The van der Waals surface area contributed by atoms with Crippen LogP contribution in [0.2, 0.25) is 0 Å². The standard InChI is InChI=1S/C17H27N3O/c1-3-19(4-2)17(21)16-12-15(18)13-20(16)11-10-14-8-6-5-7-9-14/h5-9,15-16H,3-4,10-13,18H2,1-2H3/t15-,16+/m1/s1. The highest BCUT2D eigenvalue weighted by molar-refractivity contribution is 5.82. The maximum Gasteiger partial charge on any atom is 0.239 e. The summed E-state index contributed by atoms with van der Waals surface area (Å²) >= 11 is 0. The summed E-state index contributed by atoms with van der Waals surface area (Å²) in [6, 6.07) is 10.5. The van der Waals surface area contributed by atoms with Crippen LogP contribution in [0.5, 0.6) is 0 Å². The van der Waals surface area contributed by atoms with Crippen LogP contribution in [0.1, 0.15) is 25.8 Å². The molecule has 1 amide bonds. The maximum absolute atomic E-state index is 12.6. The first kappa shape index (κ1) is 16.0. The largest absolute Gasteiger partial charge is 0.342 e. The van der Waals surface area contributed by atoms with Crippen molar-refractivity contribution in [3.63, 3.8) is 0 Å². The molecule has 21 heavy (non-hydrogen) atoms. The molecule has 1 heterocycles. The quantitative estimate of drug-likeness (QED) is 0.863. The number of hydrogen-bond acceptors (Lipinski definition) is 3. The smallest absolute Gasteiger partial charge is 0.239 e. The molecule has 0 unspecified atom stereocenters. The molecule has 2 N–H and O–H groups in total. The molecule has 0 radical (unpaired) electrons. The minimum absolute atomic E-state index is 0.0383. The van der Waals surface area contributed by atoms with Crippen molar-refractivity contribution in [1.82, 2.24) is 9.80 Å². The number of carbonyl (C=O) groups excluding carboxylic acids is 1. The second kappa shape index (κ2) is 7.57. The van der Waals surface area contributed by atoms with Gasteiger partial charge in [-0.15, -0.1) is 0 Å². The van der Waals surface area contributed by atoms with E-state index < -0.39 is 0 Å². The molecule has 0 saturated carbocycles. The number of likely N-dealkylation sites (N-methyl/N-ethyl adjacent to an activating group) is 1. The lowest BCUT2D eigenvalue weighted by Crippen LogP contribution is -2.46. The Morgan fingerprint density at radius 3 is 2.57 bits per heavy atom. The Kier molecular flexibility index (Phi) is 5.76. The molecule has 2 atom stereocenters. The molecule has 1 aromatic carbocycles. The number of likely N-dealkylation sites (tertiary alicyclic amines) is 1. The van der Waals surface area contributed by atoms with Gasteiger partial charge in [-0.2, -0.15) is 0 Å². The number of nitrogens with zero attached hydrogens (tertiary/aromatic N) is 2. The zero-order valence-corrected chi connectivity index (χ0v) is 13.2. The first-order chi connectivity index (χ1) is 10.2. The normalized spacial score (nSPS) is 22.4. The summed E-state index contributed by atoms with van der Waals surface area (Å²) in [6.07, 6.45) is 1.75. The molecular weight excluding hydrogens is 262 g/mol. The minimum Gasteiger partial charge on any atom is -0.342 e. The van der Waals surface area contributed by atoms with Gasteiger partial charge in [-0.25, -0.2) is 0 Å². The van der Waals surface area contributed by atoms with E-state index in [4.69, 9.17) is 5.73 Å². The second-order valence-electron chi connectivity index (χ2n) is 5.75. The van der Waals surface area contributed by atoms with Gasteiger partial charge in [0.25, 0.3) is 0 Å². The summed E-state index contributed by atoms with van der Waals surface area (Å²) in [7, 11) is 0. The third-order valence-electron chi connectivity index (χ3n) is 4.33. The van der Waals surface area contributed by atoms with Crippen molar-refractivity contribution in [2.75, 3.05) is 26.2 Å². The second-order valence-corrected chi connectivity index (χ2v) is 5.75. The van der Waals surface area contributed by atoms with Crippen LogP contribution in [0, 0.1) is 0 Å². The van der Waals surface area contributed by atoms with Gasteiger partial charge in [0.05, 0.1) is 6.04 Å². The fourth-order valence-corrected chi connectivity index (χ4v) is 3.11. The van der Waals surface area contributed by atoms with Gasteiger partial charge in [-0.3, -0.25) is 9.69 Å². The first-order valence-electron chi connectivity index (χ1n) is 7.98. The molecule has 1 aromatic rings. The van der Waals surface area contributed by atoms with E-state index in [1.165, 1.54) is 5.56 Å². The summed E-state index contributed by atoms with van der Waals surface area (Å²) < 4.78 is 0. The average molecular weight is 289 g/mol. The Labute approximate surface area is 127 Å². The van der Waals surface area contributed by atoms with Crippen molar-refractivity contribution >= 4 is 5.91 Å². The highest BCUT2D eigenvalue weighted by Gasteiger charge is 2.36. The Hall–Kier alpha value is -1.39. The van der Waals surface area contributed by atoms with Gasteiger partial charge < -0.3 is 10.6 Å². The first-order valence-corrected chi connectivity index (χ1v) is 7.98. The minimum atomic E-state index is -0.0383. The van der Waals surface area contributed by atoms with Gasteiger partial charge in [0.1, 0.15) is 0 Å². The third-order valence-corrected chi connectivity index (χ3v) is 4.33. The molecule has 116 valence electrons. The lowest BCUT2D eigenvalue weighted by molar-refractivity contribution is -0.135. The van der Waals surface area contributed by atoms with Crippen LogP contribution in [0.15, 0.2) is 30.3 Å². The number of amides is 1. The molecule has 0 aliphatic carbocycles. The Morgan fingerprint density at radius 1 is 1.29 bits per heavy atom. The summed E-state index contributed by atoms with van der Waals surface area (Å²) in [5, 5.41) is 0. The molecular formula is C17H27N3O. The number of benzene rings is 1. The van der Waals surface area contributed by atoms with E-state index >= 15 is 0 Å². The van der Waals surface area contributed by atoms with Crippen LogP contribution in [-0.2, 0) is 11.2 Å². The Balaban J connectivity index is 1.98. The van der Waals surface area contributed by atoms with E-state index in [1.54, 1.807) is 0 Å². The van der Waals surface area contributed by atoms with Crippen LogP contribution in [0.4, 0.5) is 0 Å². The summed E-state index contributed by atoms with van der Waals surface area (Å²) in [5.74, 6) is 0.237. The number of nitrogens with two attached hydrogens (primary N) is 1. The molecule has 1 fully saturated rings. The number of carbonyl (C=O) groups is 1. The van der Waals surface area contributed by atoms with Gasteiger partial charge in [-0.1, -0.05) is 30.3 Å². The van der Waals surface area contributed by atoms with Crippen LogP contribution in [0.25, 0.3) is 0 Å². The van der Waals surface area contributed by atoms with Gasteiger partial charge in [0.2, 0.25) is 5.91 Å². The molecule has 4 nitrogen and oxygen atoms in total. The maximum atomic E-state index is 12.6. The van der Waals surface area contributed by atoms with E-state index in [9.17, 15) is 4.79 Å². The fourth-order valence-electron chi connectivity index (χ4n) is 3.11. The van der Waals surface area contributed by atoms with E-state index in [1.807, 2.05) is 24.8 Å². The lowest BCUT2D eigenvalue weighted by atomic mass is 10.1. The van der Waals surface area contributed by atoms with Gasteiger partial charge in [-0.05, 0) is 32.3 Å². The molecule has 1 aliphatic rings. The zero-order valence-electron chi connectivity index (χ0n) is 13.2. The Morgan fingerprint density at radius 2 is 1.95 bits per heavy atom. The molecule has 1 saturated heterocycles. The summed E-state index contributed by atoms with van der Waals surface area (Å²) in [4.78, 5) is 16.8. The summed E-state index contributed by atoms with van der Waals surface area (Å²) in [6.45, 7) is 7.33. The van der Waals surface area contributed by atoms with Crippen molar-refractivity contribution in [2.24, 2.45) is 5.73 Å². The van der Waals surface area contributed by atoms with Gasteiger partial charge >= 0.3 is 0 Å². The van der Waals surface area contributed by atoms with Crippen molar-refractivity contribution in [2.45, 2.75) is 38.8 Å². The predicted molar refractivity (Wildman–Crippen MR) is 86.0 cm³/mol. The molecule has 2 rings (SSSR count). The van der Waals surface area contributed by atoms with E-state index in [2.05, 4.69) is 29.2 Å². The van der Waals surface area contributed by atoms with Gasteiger partial charge in [0, 0.05) is 32.2 Å². The highest BCUT2D eigenvalue weighted by Crippen LogP contribution is 2.19. The molecule has 0 aromatic heterocycles. The number of rotatable bonds is 6. The van der Waals surface area contributed by atoms with Crippen molar-refractivity contribution in [3.05, 3.63) is 35.9 Å². The topological polar surface area (TPSA) is 49.6 Å². The van der Waals surface area contributed by atoms with E-state index in [0.29, 0.717) is 0 Å². The monoisotopic (exact) mass is 289 g/mol. The SMILES string of the molecule is CCN(CC)C(=O)[C@@H]1C[C@@H](N)CN1CCc1ccccc1. The Bertz CT molecular complexity index is 445. The molecule has 0 bridgehead atoms. The average Bonchev–Trinajstić information content (AvgIpc) is 2.88. The fraction of sp³-hybridized carbons (Fsp3) is 0.588.